The third kappa shape index (κ3) is 5.84. The molecule has 11 rings (SSSR count). The van der Waals surface area contributed by atoms with Crippen LogP contribution in [0.2, 0.25) is 0 Å². The Bertz CT molecular complexity index is 2920. The molecule has 58 heavy (non-hydrogen) atoms. The summed E-state index contributed by atoms with van der Waals surface area (Å²) in [6.45, 7) is 0. The number of hydrogen-bond donors (Lipinski definition) is 0. The van der Waals surface area contributed by atoms with E-state index < -0.39 is 0 Å². The van der Waals surface area contributed by atoms with Gasteiger partial charge in [0.2, 0.25) is 0 Å². The van der Waals surface area contributed by atoms with Crippen LogP contribution < -0.4 is 4.90 Å². The fourth-order valence-electron chi connectivity index (χ4n) is 8.96. The number of rotatable bonds is 6. The number of para-hydroxylation sites is 3. The molecule has 0 unspecified atom stereocenters. The fraction of sp³-hybridized carbons (Fsp3) is 0.0741. The van der Waals surface area contributed by atoms with Gasteiger partial charge in [-0.25, -0.2) is 9.97 Å². The van der Waals surface area contributed by atoms with Gasteiger partial charge in [-0.05, 0) is 103 Å². The van der Waals surface area contributed by atoms with Crippen LogP contribution in [0.15, 0.2) is 188 Å². The molecule has 0 saturated heterocycles. The van der Waals surface area contributed by atoms with Crippen molar-refractivity contribution in [3.8, 4) is 61.7 Å². The average molecular weight is 745 g/mol. The predicted molar refractivity (Wildman–Crippen MR) is 240 cm³/mol. The Morgan fingerprint density at radius 1 is 0.483 bits per heavy atom. The van der Waals surface area contributed by atoms with E-state index in [9.17, 15) is 0 Å². The Morgan fingerprint density at radius 3 is 1.84 bits per heavy atom. The third-order valence-corrected chi connectivity index (χ3v) is 11.7. The van der Waals surface area contributed by atoms with Gasteiger partial charge in [-0.15, -0.1) is 0 Å². The van der Waals surface area contributed by atoms with Gasteiger partial charge in [-0.2, -0.15) is 0 Å². The molecular weight excluding hydrogens is 705 g/mol. The van der Waals surface area contributed by atoms with Gasteiger partial charge in [-0.3, -0.25) is 0 Å². The van der Waals surface area contributed by atoms with Crippen LogP contribution in [-0.4, -0.2) is 14.5 Å². The van der Waals surface area contributed by atoms with Crippen LogP contribution in [0.25, 0.3) is 73.4 Å². The standard InChI is InChI=1S/C54H40N4/c1-5-17-38(18-6-1)47-36-48(56-54(55-47)40-19-7-2-8-20-40)39-31-29-37(30-32-39)41-33-34-51-46(35-41)52-44-25-13-15-27-49(44)58(43-23-11-4-12-24-43)53(52)45-26-14-16-28-50(45)57(51)42-21-9-3-10-22-42/h1-7,9-12,14-19,21-24,26-36H,8,13,20,25H2. The first-order chi connectivity index (χ1) is 28.8. The van der Waals surface area contributed by atoms with Crippen molar-refractivity contribution in [3.63, 3.8) is 0 Å². The molecule has 276 valence electrons. The molecule has 4 nitrogen and oxygen atoms in total. The molecule has 0 radical (unpaired) electrons. The van der Waals surface area contributed by atoms with E-state index in [1.54, 1.807) is 0 Å². The first kappa shape index (κ1) is 34.0. The Hall–Kier alpha value is -7.30. The molecule has 0 spiro atoms. The van der Waals surface area contributed by atoms with Gasteiger partial charge in [0.05, 0.1) is 28.5 Å². The Balaban J connectivity index is 1.09. The summed E-state index contributed by atoms with van der Waals surface area (Å²) in [5, 5.41) is 0. The zero-order valence-electron chi connectivity index (χ0n) is 32.1. The maximum absolute atomic E-state index is 5.15. The second-order valence-corrected chi connectivity index (χ2v) is 15.2. The number of fused-ring (bicyclic) bond motifs is 7. The largest absolute Gasteiger partial charge is 0.309 e. The maximum Gasteiger partial charge on any atom is 0.156 e. The van der Waals surface area contributed by atoms with Gasteiger partial charge in [0, 0.05) is 44.9 Å². The lowest BCUT2D eigenvalue weighted by atomic mass is 9.90. The van der Waals surface area contributed by atoms with E-state index in [0.29, 0.717) is 0 Å². The number of benzene rings is 6. The molecular formula is C54H40N4. The highest BCUT2D eigenvalue weighted by Gasteiger charge is 2.33. The second-order valence-electron chi connectivity index (χ2n) is 15.2. The number of anilines is 3. The minimum atomic E-state index is 0.802. The molecule has 0 N–H and O–H groups in total. The Morgan fingerprint density at radius 2 is 1.10 bits per heavy atom. The van der Waals surface area contributed by atoms with E-state index in [1.165, 1.54) is 61.8 Å². The molecule has 0 fully saturated rings. The van der Waals surface area contributed by atoms with E-state index in [1.807, 2.05) is 6.07 Å². The van der Waals surface area contributed by atoms with E-state index in [2.05, 4.69) is 198 Å². The van der Waals surface area contributed by atoms with Crippen LogP contribution in [0.3, 0.4) is 0 Å². The highest BCUT2D eigenvalue weighted by atomic mass is 15.2. The highest BCUT2D eigenvalue weighted by Crippen LogP contribution is 2.55. The summed E-state index contributed by atoms with van der Waals surface area (Å²) in [6.07, 6.45) is 15.1. The normalized spacial score (nSPS) is 13.9. The first-order valence-corrected chi connectivity index (χ1v) is 20.3. The van der Waals surface area contributed by atoms with Crippen molar-refractivity contribution in [2.24, 2.45) is 0 Å². The molecule has 3 heterocycles. The Kier molecular flexibility index (Phi) is 8.40. The SMILES string of the molecule is C1=CCCC(c2nc(-c3ccccc3)cc(-c3ccc(-c4ccc5c(c4)-c4c6c(n(-c7ccccc7)c4-c4ccccc4N5c4ccccc4)C=CCC6)cc3)n2)=C1. The number of aromatic nitrogens is 3. The van der Waals surface area contributed by atoms with E-state index in [0.717, 1.165) is 65.3 Å². The van der Waals surface area contributed by atoms with Gasteiger partial charge in [-0.1, -0.05) is 140 Å². The molecule has 0 amide bonds. The van der Waals surface area contributed by atoms with Crippen LogP contribution in [0.4, 0.5) is 17.1 Å². The number of hydrogen-bond acceptors (Lipinski definition) is 3. The van der Waals surface area contributed by atoms with Gasteiger partial charge in [0.15, 0.2) is 5.82 Å². The lowest BCUT2D eigenvalue weighted by Crippen LogP contribution is -2.11. The van der Waals surface area contributed by atoms with Gasteiger partial charge in [0.1, 0.15) is 0 Å². The van der Waals surface area contributed by atoms with Gasteiger partial charge in [0.25, 0.3) is 0 Å². The average Bonchev–Trinajstić information content (AvgIpc) is 3.59. The molecule has 0 saturated carbocycles. The molecule has 2 aromatic heterocycles. The molecule has 8 aromatic rings. The lowest BCUT2D eigenvalue weighted by molar-refractivity contribution is 0.960. The van der Waals surface area contributed by atoms with Crippen molar-refractivity contribution in [2.75, 3.05) is 4.90 Å². The first-order valence-electron chi connectivity index (χ1n) is 20.3. The molecule has 0 bridgehead atoms. The Labute approximate surface area is 339 Å². The quantitative estimate of drug-likeness (QED) is 0.170. The highest BCUT2D eigenvalue weighted by molar-refractivity contribution is 6.05. The van der Waals surface area contributed by atoms with Crippen molar-refractivity contribution >= 4 is 28.7 Å². The molecule has 4 heteroatoms. The summed E-state index contributed by atoms with van der Waals surface area (Å²) in [7, 11) is 0. The van der Waals surface area contributed by atoms with Crippen LogP contribution in [0.5, 0.6) is 0 Å². The zero-order valence-corrected chi connectivity index (χ0v) is 32.1. The zero-order chi connectivity index (χ0) is 38.4. The fourth-order valence-corrected chi connectivity index (χ4v) is 8.96. The summed E-state index contributed by atoms with van der Waals surface area (Å²) in [6, 6.07) is 59.1. The van der Waals surface area contributed by atoms with Crippen LogP contribution >= 0.6 is 0 Å². The monoisotopic (exact) mass is 744 g/mol. The molecule has 2 aliphatic carbocycles. The number of nitrogens with zero attached hydrogens (tertiary/aromatic N) is 4. The van der Waals surface area contributed by atoms with E-state index in [-0.39, 0.29) is 0 Å². The molecule has 1 aliphatic heterocycles. The predicted octanol–water partition coefficient (Wildman–Crippen LogP) is 14.1. The van der Waals surface area contributed by atoms with Crippen molar-refractivity contribution < 1.29 is 0 Å². The summed E-state index contributed by atoms with van der Waals surface area (Å²) < 4.78 is 2.50. The number of allylic oxidation sites excluding steroid dienone is 5. The maximum atomic E-state index is 5.15. The van der Waals surface area contributed by atoms with Crippen molar-refractivity contribution in [2.45, 2.75) is 25.7 Å². The summed E-state index contributed by atoms with van der Waals surface area (Å²) >= 11 is 0. The van der Waals surface area contributed by atoms with Gasteiger partial charge < -0.3 is 9.47 Å². The van der Waals surface area contributed by atoms with Crippen LogP contribution in [0.1, 0.15) is 36.3 Å². The van der Waals surface area contributed by atoms with E-state index in [4.69, 9.17) is 9.97 Å². The summed E-state index contributed by atoms with van der Waals surface area (Å²) in [4.78, 5) is 12.7. The van der Waals surface area contributed by atoms with Gasteiger partial charge >= 0.3 is 0 Å². The summed E-state index contributed by atoms with van der Waals surface area (Å²) in [5.41, 5.74) is 19.9. The molecule has 3 aliphatic rings. The molecule has 0 atom stereocenters. The second kappa shape index (κ2) is 14.3. The van der Waals surface area contributed by atoms with Crippen molar-refractivity contribution in [1.29, 1.82) is 0 Å². The minimum Gasteiger partial charge on any atom is -0.309 e. The van der Waals surface area contributed by atoms with Crippen LogP contribution in [0, 0.1) is 0 Å². The van der Waals surface area contributed by atoms with Crippen molar-refractivity contribution in [1.82, 2.24) is 14.5 Å². The topological polar surface area (TPSA) is 34.0 Å². The summed E-state index contributed by atoms with van der Waals surface area (Å²) in [5.74, 6) is 0.802. The minimum absolute atomic E-state index is 0.802. The van der Waals surface area contributed by atoms with Crippen LogP contribution in [-0.2, 0) is 6.42 Å². The lowest BCUT2D eigenvalue weighted by Gasteiger charge is -2.28. The van der Waals surface area contributed by atoms with E-state index >= 15 is 0 Å². The molecule has 6 aromatic carbocycles. The van der Waals surface area contributed by atoms with Crippen molar-refractivity contribution in [3.05, 3.63) is 205 Å². The third-order valence-electron chi connectivity index (χ3n) is 11.7. The smallest absolute Gasteiger partial charge is 0.156 e.